The van der Waals surface area contributed by atoms with Gasteiger partial charge in [0.05, 0.1) is 16.7 Å². The smallest absolute Gasteiger partial charge is 0.224 e. The maximum Gasteiger partial charge on any atom is 0.234 e. The Balaban J connectivity index is 1.84. The van der Waals surface area contributed by atoms with E-state index >= 15 is 0 Å². The number of hydrogen-bond donors (Lipinski definition) is 1. The second-order valence-corrected chi connectivity index (χ2v) is 8.85. The molecule has 0 bridgehead atoms. The molecule has 1 N–H and O–H groups in total. The highest BCUT2D eigenvalue weighted by atomic mass is 32.2. The standard InChI is InChI=1S/C16H15NO4S2/c18-22(19)12-15(14-8-4-5-9-16(14)22)17-23(20,21)11-10-13-6-2-1-3-7-13/h1-11,15,17H,12H2/b11-10+/t15-/m1/s1. The van der Waals surface area contributed by atoms with E-state index < -0.39 is 25.9 Å². The van der Waals surface area contributed by atoms with Crippen LogP contribution >= 0.6 is 0 Å². The first-order valence-electron chi connectivity index (χ1n) is 6.94. The summed E-state index contributed by atoms with van der Waals surface area (Å²) in [5.41, 5.74) is 1.24. The molecule has 120 valence electrons. The second kappa shape index (κ2) is 5.92. The molecule has 5 nitrogen and oxygen atoms in total. The molecule has 0 unspecified atom stereocenters. The third-order valence-electron chi connectivity index (χ3n) is 3.56. The lowest BCUT2D eigenvalue weighted by atomic mass is 10.1. The minimum absolute atomic E-state index is 0.194. The fourth-order valence-corrected chi connectivity index (χ4v) is 5.38. The quantitative estimate of drug-likeness (QED) is 0.917. The summed E-state index contributed by atoms with van der Waals surface area (Å²) in [4.78, 5) is 0.194. The summed E-state index contributed by atoms with van der Waals surface area (Å²) < 4.78 is 51.0. The molecule has 0 amide bonds. The van der Waals surface area contributed by atoms with Gasteiger partial charge in [0.1, 0.15) is 0 Å². The van der Waals surface area contributed by atoms with Crippen LogP contribution in [0.1, 0.15) is 17.2 Å². The molecule has 2 aromatic carbocycles. The molecule has 7 heteroatoms. The summed E-state index contributed by atoms with van der Waals surface area (Å²) in [6.45, 7) is 0. The predicted octanol–water partition coefficient (Wildman–Crippen LogP) is 2.11. The SMILES string of the molecule is O=S(=O)(/C=C/c1ccccc1)N[C@@H]1CS(=O)(=O)c2ccccc21. The molecule has 2 aromatic rings. The van der Waals surface area contributed by atoms with E-state index in [0.717, 1.165) is 11.0 Å². The summed E-state index contributed by atoms with van der Waals surface area (Å²) >= 11 is 0. The molecule has 1 aliphatic rings. The average molecular weight is 349 g/mol. The van der Waals surface area contributed by atoms with E-state index in [4.69, 9.17) is 0 Å². The number of benzene rings is 2. The average Bonchev–Trinajstić information content (AvgIpc) is 2.77. The van der Waals surface area contributed by atoms with Crippen LogP contribution in [0.2, 0.25) is 0 Å². The van der Waals surface area contributed by atoms with Crippen LogP contribution < -0.4 is 4.72 Å². The van der Waals surface area contributed by atoms with Crippen molar-refractivity contribution in [1.29, 1.82) is 0 Å². The van der Waals surface area contributed by atoms with Gasteiger partial charge in [-0.05, 0) is 23.3 Å². The van der Waals surface area contributed by atoms with Crippen LogP contribution in [0.4, 0.5) is 0 Å². The molecule has 0 saturated heterocycles. The van der Waals surface area contributed by atoms with Gasteiger partial charge in [0, 0.05) is 5.41 Å². The van der Waals surface area contributed by atoms with Gasteiger partial charge in [0.15, 0.2) is 9.84 Å². The van der Waals surface area contributed by atoms with Gasteiger partial charge in [-0.3, -0.25) is 0 Å². The highest BCUT2D eigenvalue weighted by molar-refractivity contribution is 7.93. The minimum Gasteiger partial charge on any atom is -0.224 e. The molecule has 0 spiro atoms. The zero-order chi connectivity index (χ0) is 16.5. The van der Waals surface area contributed by atoms with Crippen molar-refractivity contribution >= 4 is 25.9 Å². The lowest BCUT2D eigenvalue weighted by Gasteiger charge is -2.10. The number of sulfone groups is 1. The maximum atomic E-state index is 12.2. The molecule has 3 rings (SSSR count). The molecule has 0 saturated carbocycles. The molecule has 0 aliphatic carbocycles. The van der Waals surface area contributed by atoms with Crippen LogP contribution in [0, 0.1) is 0 Å². The third-order valence-corrected chi connectivity index (χ3v) is 6.48. The van der Waals surface area contributed by atoms with E-state index in [1.165, 1.54) is 12.1 Å². The first-order chi connectivity index (χ1) is 10.9. The third kappa shape index (κ3) is 3.52. The molecule has 0 radical (unpaired) electrons. The van der Waals surface area contributed by atoms with Crippen molar-refractivity contribution in [2.45, 2.75) is 10.9 Å². The number of hydrogen-bond acceptors (Lipinski definition) is 4. The minimum atomic E-state index is -3.75. The maximum absolute atomic E-state index is 12.2. The second-order valence-electron chi connectivity index (χ2n) is 5.25. The Labute approximate surface area is 135 Å². The van der Waals surface area contributed by atoms with Crippen LogP contribution in [-0.2, 0) is 19.9 Å². The van der Waals surface area contributed by atoms with Crippen molar-refractivity contribution in [2.24, 2.45) is 0 Å². The van der Waals surface area contributed by atoms with Crippen LogP contribution in [0.3, 0.4) is 0 Å². The van der Waals surface area contributed by atoms with Crippen LogP contribution in [0.25, 0.3) is 6.08 Å². The Morgan fingerprint density at radius 1 is 1.00 bits per heavy atom. The van der Waals surface area contributed by atoms with E-state index in [-0.39, 0.29) is 10.6 Å². The van der Waals surface area contributed by atoms with Gasteiger partial charge >= 0.3 is 0 Å². The van der Waals surface area contributed by atoms with E-state index in [0.29, 0.717) is 5.56 Å². The zero-order valence-corrected chi connectivity index (χ0v) is 13.7. The zero-order valence-electron chi connectivity index (χ0n) is 12.1. The summed E-state index contributed by atoms with van der Waals surface area (Å²) in [6.07, 6.45) is 1.47. The van der Waals surface area contributed by atoms with E-state index in [1.807, 2.05) is 6.07 Å². The normalized spacial score (nSPS) is 19.7. The van der Waals surface area contributed by atoms with Crippen molar-refractivity contribution in [3.05, 3.63) is 71.1 Å². The van der Waals surface area contributed by atoms with Crippen molar-refractivity contribution < 1.29 is 16.8 Å². The first kappa shape index (κ1) is 15.9. The molecular weight excluding hydrogens is 334 g/mol. The molecule has 1 heterocycles. The summed E-state index contributed by atoms with van der Waals surface area (Å²) in [5.74, 6) is -0.259. The highest BCUT2D eigenvalue weighted by Gasteiger charge is 2.35. The van der Waals surface area contributed by atoms with Gasteiger partial charge in [-0.2, -0.15) is 0 Å². The number of nitrogens with one attached hydrogen (secondary N) is 1. The fourth-order valence-electron chi connectivity index (χ4n) is 2.52. The van der Waals surface area contributed by atoms with Crippen molar-refractivity contribution in [3.8, 4) is 0 Å². The summed E-state index contributed by atoms with van der Waals surface area (Å²) in [6, 6.07) is 14.7. The predicted molar refractivity (Wildman–Crippen MR) is 88.8 cm³/mol. The van der Waals surface area contributed by atoms with Crippen molar-refractivity contribution in [2.75, 3.05) is 5.75 Å². The molecule has 0 fully saturated rings. The van der Waals surface area contributed by atoms with E-state index in [1.54, 1.807) is 42.5 Å². The Morgan fingerprint density at radius 2 is 1.65 bits per heavy atom. The summed E-state index contributed by atoms with van der Waals surface area (Å²) in [5, 5.41) is 1.05. The number of sulfonamides is 1. The fraction of sp³-hybridized carbons (Fsp3) is 0.125. The van der Waals surface area contributed by atoms with Crippen LogP contribution in [0.15, 0.2) is 64.9 Å². The van der Waals surface area contributed by atoms with Crippen molar-refractivity contribution in [1.82, 2.24) is 4.72 Å². The Bertz CT molecular complexity index is 949. The first-order valence-corrected chi connectivity index (χ1v) is 10.1. The topological polar surface area (TPSA) is 80.3 Å². The number of fused-ring (bicyclic) bond motifs is 1. The van der Waals surface area contributed by atoms with Gasteiger partial charge in [0.25, 0.3) is 0 Å². The Kier molecular flexibility index (Phi) is 4.09. The van der Waals surface area contributed by atoms with Crippen LogP contribution in [-0.4, -0.2) is 22.6 Å². The molecule has 0 aromatic heterocycles. The monoisotopic (exact) mass is 349 g/mol. The van der Waals surface area contributed by atoms with Crippen molar-refractivity contribution in [3.63, 3.8) is 0 Å². The van der Waals surface area contributed by atoms with E-state index in [2.05, 4.69) is 4.72 Å². The molecular formula is C16H15NO4S2. The number of rotatable bonds is 4. The van der Waals surface area contributed by atoms with E-state index in [9.17, 15) is 16.8 Å². The lowest BCUT2D eigenvalue weighted by molar-refractivity contribution is 0.574. The lowest BCUT2D eigenvalue weighted by Crippen LogP contribution is -2.27. The van der Waals surface area contributed by atoms with Gasteiger partial charge in [0.2, 0.25) is 10.0 Å². The molecule has 23 heavy (non-hydrogen) atoms. The molecule has 1 atom stereocenters. The molecule has 1 aliphatic heterocycles. The highest BCUT2D eigenvalue weighted by Crippen LogP contribution is 2.33. The van der Waals surface area contributed by atoms with Gasteiger partial charge in [-0.1, -0.05) is 48.5 Å². The van der Waals surface area contributed by atoms with Gasteiger partial charge < -0.3 is 0 Å². The Hall–Kier alpha value is -1.96. The van der Waals surface area contributed by atoms with Gasteiger partial charge in [-0.25, -0.2) is 21.6 Å². The summed E-state index contributed by atoms with van der Waals surface area (Å²) in [7, 11) is -7.20. The van der Waals surface area contributed by atoms with Gasteiger partial charge in [-0.15, -0.1) is 0 Å². The van der Waals surface area contributed by atoms with Crippen LogP contribution in [0.5, 0.6) is 0 Å². The largest absolute Gasteiger partial charge is 0.234 e. The Morgan fingerprint density at radius 3 is 2.39 bits per heavy atom.